The lowest BCUT2D eigenvalue weighted by atomic mass is 9.74. The largest absolute Gasteiger partial charge is 0.464 e. The van der Waals surface area contributed by atoms with Crippen LogP contribution in [0.25, 0.3) is 0 Å². The number of hydrogen-bond acceptors (Lipinski definition) is 7. The van der Waals surface area contributed by atoms with Gasteiger partial charge in [-0.25, -0.2) is 26.7 Å². The Morgan fingerprint density at radius 1 is 0.955 bits per heavy atom. The molecule has 15 heteroatoms. The first-order valence-electron chi connectivity index (χ1n) is 12.8. The molecule has 2 aromatic carbocycles. The molecule has 1 aliphatic rings. The average molecular weight is 674 g/mol. The normalized spacial score (nSPS) is 14.6. The third kappa shape index (κ3) is 6.40. The van der Waals surface area contributed by atoms with Crippen LogP contribution in [0.3, 0.4) is 0 Å². The maximum atomic E-state index is 14.4. The first-order valence-corrected chi connectivity index (χ1v) is 14.4. The number of Topliss-reactive ketones (excluding diaryl/α,β-unsaturated/α-hetero) is 1. The van der Waals surface area contributed by atoms with E-state index >= 15 is 0 Å². The molecule has 232 valence electrons. The summed E-state index contributed by atoms with van der Waals surface area (Å²) in [5.41, 5.74) is -0.236. The van der Waals surface area contributed by atoms with E-state index in [-0.39, 0.29) is 51.0 Å². The highest BCUT2D eigenvalue weighted by Crippen LogP contribution is 2.49. The van der Waals surface area contributed by atoms with Gasteiger partial charge in [-0.15, -0.1) is 0 Å². The molecule has 1 unspecified atom stereocenters. The number of ether oxygens (including phenoxy) is 1. The van der Waals surface area contributed by atoms with Crippen LogP contribution >= 0.6 is 35.0 Å². The maximum Gasteiger partial charge on any atom is 0.328 e. The number of amides is 1. The van der Waals surface area contributed by atoms with Crippen LogP contribution in [0.5, 0.6) is 0 Å². The molecule has 1 amide bonds. The Labute approximate surface area is 262 Å². The number of esters is 1. The number of hydrogen-bond donors (Lipinski definition) is 2. The molecule has 2 N–H and O–H groups in total. The molecule has 0 bridgehead atoms. The number of nitrogens with zero attached hydrogens (tertiary/aromatic N) is 1. The van der Waals surface area contributed by atoms with Crippen molar-refractivity contribution in [1.82, 2.24) is 10.3 Å². The van der Waals surface area contributed by atoms with Crippen LogP contribution in [0.4, 0.5) is 27.6 Å². The number of benzene rings is 2. The highest BCUT2D eigenvalue weighted by molar-refractivity contribution is 8.04. The highest BCUT2D eigenvalue weighted by Gasteiger charge is 2.49. The van der Waals surface area contributed by atoms with E-state index in [1.807, 2.05) is 0 Å². The highest BCUT2D eigenvalue weighted by atomic mass is 35.5. The van der Waals surface area contributed by atoms with Gasteiger partial charge in [0.1, 0.15) is 6.04 Å². The van der Waals surface area contributed by atoms with E-state index in [4.69, 9.17) is 27.9 Å². The van der Waals surface area contributed by atoms with Gasteiger partial charge in [-0.05, 0) is 38.5 Å². The number of pyridine rings is 1. The molecule has 7 nitrogen and oxygen atoms in total. The molecule has 1 atom stereocenters. The summed E-state index contributed by atoms with van der Waals surface area (Å²) in [6.07, 6.45) is 2.53. The summed E-state index contributed by atoms with van der Waals surface area (Å²) in [7, 11) is 0. The van der Waals surface area contributed by atoms with Gasteiger partial charge in [-0.2, -0.15) is 0 Å². The van der Waals surface area contributed by atoms with Gasteiger partial charge < -0.3 is 15.4 Å². The van der Waals surface area contributed by atoms with Crippen LogP contribution < -0.4 is 10.6 Å². The predicted octanol–water partition coefficient (Wildman–Crippen LogP) is 7.01. The molecule has 44 heavy (non-hydrogen) atoms. The molecule has 3 aromatic rings. The van der Waals surface area contributed by atoms with Crippen LogP contribution in [-0.2, 0) is 20.7 Å². The fourth-order valence-electron chi connectivity index (χ4n) is 4.24. The van der Waals surface area contributed by atoms with Gasteiger partial charge in [0.15, 0.2) is 29.1 Å². The Kier molecular flexibility index (Phi) is 9.91. The number of aromatic nitrogens is 1. The smallest absolute Gasteiger partial charge is 0.328 e. The van der Waals surface area contributed by atoms with Crippen molar-refractivity contribution in [2.75, 3.05) is 11.9 Å². The van der Waals surface area contributed by atoms with Crippen LogP contribution in [0, 0.1) is 34.5 Å². The van der Waals surface area contributed by atoms with Crippen molar-refractivity contribution in [3.63, 3.8) is 0 Å². The average Bonchev–Trinajstić information content (AvgIpc) is 2.98. The minimum Gasteiger partial charge on any atom is -0.464 e. The second-order valence-electron chi connectivity index (χ2n) is 9.94. The maximum absolute atomic E-state index is 14.4. The summed E-state index contributed by atoms with van der Waals surface area (Å²) >= 11 is 12.1. The standard InChI is InChI=1S/C29H22Cl2F5N3O4S/c1-4-43-28(42)16(9-12-5-7-13(8-6-12)38-27(41)17-14(30)10-37-11-15(17)31)39-25-24(26(40)29(25,2)3)44-23-21(35)19(33)18(32)20(34)22(23)36/h5-8,10-11,16,39H,4,9H2,1-3H3,(H,38,41). The van der Waals surface area contributed by atoms with Crippen LogP contribution in [0.15, 0.2) is 52.2 Å². The van der Waals surface area contributed by atoms with Crippen molar-refractivity contribution in [3.8, 4) is 0 Å². The van der Waals surface area contributed by atoms with Gasteiger partial charge in [-0.3, -0.25) is 14.6 Å². The van der Waals surface area contributed by atoms with E-state index in [0.717, 1.165) is 0 Å². The molecule has 0 radical (unpaired) electrons. The lowest BCUT2D eigenvalue weighted by Gasteiger charge is -2.40. The van der Waals surface area contributed by atoms with E-state index in [2.05, 4.69) is 15.6 Å². The predicted molar refractivity (Wildman–Crippen MR) is 154 cm³/mol. The zero-order chi connectivity index (χ0) is 32.5. The lowest BCUT2D eigenvalue weighted by molar-refractivity contribution is -0.145. The Hall–Kier alpha value is -3.68. The van der Waals surface area contributed by atoms with Crippen LogP contribution in [-0.4, -0.2) is 35.3 Å². The molecule has 1 aromatic heterocycles. The Morgan fingerprint density at radius 3 is 2.05 bits per heavy atom. The van der Waals surface area contributed by atoms with Crippen LogP contribution in [0.2, 0.25) is 10.0 Å². The molecule has 0 spiro atoms. The second-order valence-corrected chi connectivity index (χ2v) is 11.8. The van der Waals surface area contributed by atoms with Gasteiger partial charge in [-0.1, -0.05) is 47.1 Å². The zero-order valence-electron chi connectivity index (χ0n) is 23.1. The number of carbonyl (C=O) groups is 3. The summed E-state index contributed by atoms with van der Waals surface area (Å²) in [5.74, 6) is -12.7. The van der Waals surface area contributed by atoms with Gasteiger partial charge in [0.2, 0.25) is 5.82 Å². The molecule has 1 heterocycles. The molecule has 0 aliphatic heterocycles. The van der Waals surface area contributed by atoms with Crippen molar-refractivity contribution in [2.24, 2.45) is 5.41 Å². The Bertz CT molecular complexity index is 1650. The van der Waals surface area contributed by atoms with Crippen molar-refractivity contribution in [1.29, 1.82) is 0 Å². The van der Waals surface area contributed by atoms with E-state index in [1.165, 1.54) is 26.2 Å². The first kappa shape index (κ1) is 33.2. The topological polar surface area (TPSA) is 97.4 Å². The number of carbonyl (C=O) groups excluding carboxylic acids is 3. The van der Waals surface area contributed by atoms with Gasteiger partial charge in [0.25, 0.3) is 5.91 Å². The fourth-order valence-corrected chi connectivity index (χ4v) is 6.11. The minimum atomic E-state index is -2.32. The number of nitrogens with one attached hydrogen (secondary N) is 2. The van der Waals surface area contributed by atoms with E-state index in [9.17, 15) is 36.3 Å². The summed E-state index contributed by atoms with van der Waals surface area (Å²) < 4.78 is 75.1. The SMILES string of the molecule is CCOC(=O)C(Cc1ccc(NC(=O)c2c(Cl)cncc2Cl)cc1)NC1=C(Sc2c(F)c(F)c(F)c(F)c2F)C(=O)C1(C)C. The molecule has 1 aliphatic carbocycles. The molecule has 4 rings (SSSR count). The molecular weight excluding hydrogens is 652 g/mol. The quantitative estimate of drug-likeness (QED) is 0.103. The summed E-state index contributed by atoms with van der Waals surface area (Å²) in [5, 5.41) is 5.65. The Morgan fingerprint density at radius 2 is 1.50 bits per heavy atom. The van der Waals surface area contributed by atoms with E-state index in [1.54, 1.807) is 31.2 Å². The van der Waals surface area contributed by atoms with Crippen molar-refractivity contribution in [3.05, 3.63) is 97.5 Å². The number of rotatable bonds is 10. The van der Waals surface area contributed by atoms with Crippen molar-refractivity contribution >= 4 is 58.3 Å². The first-order chi connectivity index (χ1) is 20.7. The van der Waals surface area contributed by atoms with Gasteiger partial charge in [0, 0.05) is 30.2 Å². The summed E-state index contributed by atoms with van der Waals surface area (Å²) in [6, 6.07) is 5.20. The molecule has 0 saturated heterocycles. The third-order valence-electron chi connectivity index (χ3n) is 6.62. The summed E-state index contributed by atoms with van der Waals surface area (Å²) in [4.78, 5) is 40.7. The van der Waals surface area contributed by atoms with Crippen LogP contribution in [0.1, 0.15) is 36.7 Å². The van der Waals surface area contributed by atoms with Gasteiger partial charge >= 0.3 is 5.97 Å². The number of allylic oxidation sites excluding steroid dienone is 2. The number of halogens is 7. The second kappa shape index (κ2) is 13.1. The van der Waals surface area contributed by atoms with E-state index < -0.39 is 63.1 Å². The number of anilines is 1. The minimum absolute atomic E-state index is 0.00957. The zero-order valence-corrected chi connectivity index (χ0v) is 25.4. The number of thioether (sulfide) groups is 1. The lowest BCUT2D eigenvalue weighted by Crippen LogP contribution is -2.50. The molecule has 0 fully saturated rings. The number of ketones is 1. The van der Waals surface area contributed by atoms with Crippen molar-refractivity contribution in [2.45, 2.75) is 38.1 Å². The molecular formula is C29H22Cl2F5N3O4S. The third-order valence-corrected chi connectivity index (χ3v) is 8.35. The molecule has 0 saturated carbocycles. The summed E-state index contributed by atoms with van der Waals surface area (Å²) in [6.45, 7) is 4.53. The van der Waals surface area contributed by atoms with Gasteiger partial charge in [0.05, 0.1) is 37.4 Å². The van der Waals surface area contributed by atoms with Crippen molar-refractivity contribution < 1.29 is 41.1 Å². The Balaban J connectivity index is 1.59. The van der Waals surface area contributed by atoms with E-state index in [0.29, 0.717) is 11.3 Å². The fraction of sp³-hybridized carbons (Fsp3) is 0.241. The monoisotopic (exact) mass is 673 g/mol.